The Kier molecular flexibility index (Phi) is 3.32. The van der Waals surface area contributed by atoms with Gasteiger partial charge in [0.2, 0.25) is 0 Å². The fraction of sp³-hybridized carbons (Fsp3) is 0.231. The van der Waals surface area contributed by atoms with Crippen LogP contribution in [0.15, 0.2) is 24.4 Å². The van der Waals surface area contributed by atoms with E-state index in [1.165, 1.54) is 13.1 Å². The number of Topliss-reactive ketones (excluding diaryl/α,β-unsaturated/α-hetero) is 1. The number of carbonyl (C=O) groups excluding carboxylic acids is 1. The van der Waals surface area contributed by atoms with E-state index in [0.717, 1.165) is 5.56 Å². The molecule has 94 valence electrons. The molecule has 0 aliphatic carbocycles. The van der Waals surface area contributed by atoms with Gasteiger partial charge in [-0.1, -0.05) is 0 Å². The number of carbonyl (C=O) groups is 1. The van der Waals surface area contributed by atoms with Crippen molar-refractivity contribution in [1.29, 1.82) is 0 Å². The van der Waals surface area contributed by atoms with E-state index in [-0.39, 0.29) is 5.78 Å². The monoisotopic (exact) mass is 246 g/mol. The average Bonchev–Trinajstić information content (AvgIpc) is 2.87. The summed E-state index contributed by atoms with van der Waals surface area (Å²) >= 11 is 0. The van der Waals surface area contributed by atoms with Crippen LogP contribution in [0.1, 0.15) is 17.4 Å². The second kappa shape index (κ2) is 4.91. The molecule has 1 N–H and O–H groups in total. The summed E-state index contributed by atoms with van der Waals surface area (Å²) in [6.07, 6.45) is 1.52. The predicted molar refractivity (Wildman–Crippen MR) is 67.1 cm³/mol. The zero-order chi connectivity index (χ0) is 13.1. The van der Waals surface area contributed by atoms with Crippen molar-refractivity contribution in [3.8, 4) is 22.9 Å². The van der Waals surface area contributed by atoms with E-state index in [9.17, 15) is 4.79 Å². The molecule has 0 saturated heterocycles. The van der Waals surface area contributed by atoms with Crippen molar-refractivity contribution in [2.24, 2.45) is 0 Å². The molecule has 2 aromatic rings. The zero-order valence-electron chi connectivity index (χ0n) is 10.5. The van der Waals surface area contributed by atoms with Gasteiger partial charge in [0.25, 0.3) is 0 Å². The number of aromatic nitrogens is 2. The predicted octanol–water partition coefficient (Wildman–Crippen LogP) is 2.30. The van der Waals surface area contributed by atoms with Crippen LogP contribution >= 0.6 is 0 Å². The summed E-state index contributed by atoms with van der Waals surface area (Å²) in [5.41, 5.74) is 1.32. The fourth-order valence-corrected chi connectivity index (χ4v) is 1.63. The molecule has 0 spiro atoms. The van der Waals surface area contributed by atoms with Crippen molar-refractivity contribution >= 4 is 5.78 Å². The smallest absolute Gasteiger partial charge is 0.177 e. The van der Waals surface area contributed by atoms with Gasteiger partial charge in [0.05, 0.1) is 20.4 Å². The van der Waals surface area contributed by atoms with Gasteiger partial charge < -0.3 is 14.5 Å². The molecule has 5 nitrogen and oxygen atoms in total. The standard InChI is InChI=1S/C13H14N2O3/c1-8(16)10-7-14-13(15-10)9-4-5-11(17-2)12(6-9)18-3/h4-7H,1-3H3,(H,14,15). The Balaban J connectivity index is 2.41. The molecule has 0 radical (unpaired) electrons. The van der Waals surface area contributed by atoms with Gasteiger partial charge in [0.15, 0.2) is 17.3 Å². The number of ketones is 1. The highest BCUT2D eigenvalue weighted by atomic mass is 16.5. The van der Waals surface area contributed by atoms with Crippen LogP contribution in [0.5, 0.6) is 11.5 Å². The van der Waals surface area contributed by atoms with E-state index in [4.69, 9.17) is 9.47 Å². The maximum absolute atomic E-state index is 11.2. The van der Waals surface area contributed by atoms with Crippen LogP contribution in [0.3, 0.4) is 0 Å². The third-order valence-electron chi connectivity index (χ3n) is 2.61. The van der Waals surface area contributed by atoms with Crippen LogP contribution in [-0.4, -0.2) is 30.0 Å². The van der Waals surface area contributed by atoms with E-state index in [1.54, 1.807) is 20.3 Å². The lowest BCUT2D eigenvalue weighted by atomic mass is 10.2. The molecule has 0 saturated carbocycles. The van der Waals surface area contributed by atoms with Crippen LogP contribution in [0, 0.1) is 0 Å². The number of H-pyrrole nitrogens is 1. The summed E-state index contributed by atoms with van der Waals surface area (Å²) < 4.78 is 10.4. The quantitative estimate of drug-likeness (QED) is 0.841. The molecule has 0 aliphatic rings. The Hall–Kier alpha value is -2.30. The molecule has 0 aliphatic heterocycles. The van der Waals surface area contributed by atoms with Crippen LogP contribution in [-0.2, 0) is 0 Å². The van der Waals surface area contributed by atoms with Gasteiger partial charge in [-0.2, -0.15) is 0 Å². The first-order valence-electron chi connectivity index (χ1n) is 5.44. The number of rotatable bonds is 4. The topological polar surface area (TPSA) is 64.2 Å². The van der Waals surface area contributed by atoms with Crippen LogP contribution < -0.4 is 9.47 Å². The highest BCUT2D eigenvalue weighted by Crippen LogP contribution is 2.31. The van der Waals surface area contributed by atoms with Gasteiger partial charge >= 0.3 is 0 Å². The van der Waals surface area contributed by atoms with Crippen molar-refractivity contribution in [3.05, 3.63) is 30.1 Å². The highest BCUT2D eigenvalue weighted by Gasteiger charge is 2.10. The summed E-state index contributed by atoms with van der Waals surface area (Å²) in [5, 5.41) is 0. The summed E-state index contributed by atoms with van der Waals surface area (Å²) in [4.78, 5) is 18.3. The number of hydrogen-bond acceptors (Lipinski definition) is 4. The summed E-state index contributed by atoms with van der Waals surface area (Å²) in [6.45, 7) is 1.49. The van der Waals surface area contributed by atoms with Crippen molar-refractivity contribution in [3.63, 3.8) is 0 Å². The maximum Gasteiger partial charge on any atom is 0.177 e. The Bertz CT molecular complexity index is 575. The molecule has 0 amide bonds. The van der Waals surface area contributed by atoms with Crippen molar-refractivity contribution in [1.82, 2.24) is 9.97 Å². The molecular formula is C13H14N2O3. The third kappa shape index (κ3) is 2.20. The number of aromatic amines is 1. The first-order chi connectivity index (χ1) is 8.65. The van der Waals surface area contributed by atoms with Crippen LogP contribution in [0.25, 0.3) is 11.4 Å². The summed E-state index contributed by atoms with van der Waals surface area (Å²) in [7, 11) is 3.16. The Morgan fingerprint density at radius 1 is 1.22 bits per heavy atom. The first kappa shape index (κ1) is 12.2. The molecule has 1 heterocycles. The molecule has 18 heavy (non-hydrogen) atoms. The van der Waals surface area contributed by atoms with Gasteiger partial charge in [0.1, 0.15) is 11.5 Å². The molecule has 0 unspecified atom stereocenters. The van der Waals surface area contributed by atoms with Crippen molar-refractivity contribution in [2.45, 2.75) is 6.92 Å². The van der Waals surface area contributed by atoms with Crippen molar-refractivity contribution in [2.75, 3.05) is 14.2 Å². The van der Waals surface area contributed by atoms with E-state index in [2.05, 4.69) is 9.97 Å². The van der Waals surface area contributed by atoms with Gasteiger partial charge in [-0.05, 0) is 18.2 Å². The summed E-state index contributed by atoms with van der Waals surface area (Å²) in [5.74, 6) is 1.85. The lowest BCUT2D eigenvalue weighted by Crippen LogP contribution is -1.93. The molecular weight excluding hydrogens is 232 g/mol. The van der Waals surface area contributed by atoms with Gasteiger partial charge in [-0.25, -0.2) is 4.98 Å². The van der Waals surface area contributed by atoms with E-state index in [1.807, 2.05) is 12.1 Å². The Morgan fingerprint density at radius 3 is 2.50 bits per heavy atom. The van der Waals surface area contributed by atoms with Gasteiger partial charge in [0, 0.05) is 12.5 Å². The normalized spacial score (nSPS) is 10.2. The zero-order valence-corrected chi connectivity index (χ0v) is 10.5. The number of nitrogens with zero attached hydrogens (tertiary/aromatic N) is 1. The number of benzene rings is 1. The molecule has 0 fully saturated rings. The highest BCUT2D eigenvalue weighted by molar-refractivity contribution is 5.92. The van der Waals surface area contributed by atoms with Gasteiger partial charge in [-0.15, -0.1) is 0 Å². The van der Waals surface area contributed by atoms with E-state index >= 15 is 0 Å². The number of ether oxygens (including phenoxy) is 2. The largest absolute Gasteiger partial charge is 0.493 e. The second-order valence-electron chi connectivity index (χ2n) is 3.77. The number of imidazole rings is 1. The molecule has 0 bridgehead atoms. The van der Waals surface area contributed by atoms with Crippen LogP contribution in [0.4, 0.5) is 0 Å². The Labute approximate surface area is 105 Å². The number of hydrogen-bond donors (Lipinski definition) is 1. The number of methoxy groups -OCH3 is 2. The maximum atomic E-state index is 11.2. The molecule has 5 heteroatoms. The summed E-state index contributed by atoms with van der Waals surface area (Å²) in [6, 6.07) is 5.45. The van der Waals surface area contributed by atoms with Gasteiger partial charge in [-0.3, -0.25) is 4.79 Å². The minimum atomic E-state index is -0.0470. The molecule has 0 atom stereocenters. The van der Waals surface area contributed by atoms with Crippen LogP contribution in [0.2, 0.25) is 0 Å². The third-order valence-corrected chi connectivity index (χ3v) is 2.61. The minimum absolute atomic E-state index is 0.0470. The van der Waals surface area contributed by atoms with E-state index < -0.39 is 0 Å². The average molecular weight is 246 g/mol. The molecule has 1 aromatic carbocycles. The fourth-order valence-electron chi connectivity index (χ4n) is 1.63. The molecule has 2 rings (SSSR count). The first-order valence-corrected chi connectivity index (χ1v) is 5.44. The molecule has 1 aromatic heterocycles. The van der Waals surface area contributed by atoms with E-state index in [0.29, 0.717) is 23.0 Å². The second-order valence-corrected chi connectivity index (χ2v) is 3.77. The van der Waals surface area contributed by atoms with Crippen molar-refractivity contribution < 1.29 is 14.3 Å². The lowest BCUT2D eigenvalue weighted by molar-refractivity contribution is 0.101. The number of nitrogens with one attached hydrogen (secondary N) is 1. The lowest BCUT2D eigenvalue weighted by Gasteiger charge is -2.08. The minimum Gasteiger partial charge on any atom is -0.493 e. The Morgan fingerprint density at radius 2 is 1.94 bits per heavy atom. The SMILES string of the molecule is COc1ccc(-c2ncc(C(C)=O)[nH]2)cc1OC.